The SMILES string of the molecule is COc1ccc(C(=O)[C@H]2[C@H](C(=O)c3ccccc3)N3c4ccc(Cl)cc4C=C[C@@H]3[C@]23C(=O)Nc2ccccc23)cc1. The third-order valence-electron chi connectivity index (χ3n) is 8.58. The number of Topliss-reactive ketones (excluding diaryl/α,β-unsaturated/α-hetero) is 2. The summed E-state index contributed by atoms with van der Waals surface area (Å²) >= 11 is 6.36. The first-order valence-corrected chi connectivity index (χ1v) is 13.8. The molecule has 0 radical (unpaired) electrons. The number of hydrogen-bond donors (Lipinski definition) is 1. The second kappa shape index (κ2) is 9.46. The van der Waals surface area contributed by atoms with Gasteiger partial charge in [-0.15, -0.1) is 0 Å². The molecule has 4 aromatic rings. The summed E-state index contributed by atoms with van der Waals surface area (Å²) in [5.74, 6) is -1.25. The highest BCUT2D eigenvalue weighted by molar-refractivity contribution is 6.31. The number of hydrogen-bond acceptors (Lipinski definition) is 5. The van der Waals surface area contributed by atoms with E-state index in [2.05, 4.69) is 5.32 Å². The molecule has 1 saturated heterocycles. The molecule has 3 aliphatic rings. The van der Waals surface area contributed by atoms with Gasteiger partial charge in [-0.05, 0) is 59.7 Å². The summed E-state index contributed by atoms with van der Waals surface area (Å²) in [6, 6.07) is 27.1. The molecule has 4 atom stereocenters. The van der Waals surface area contributed by atoms with Gasteiger partial charge in [-0.25, -0.2) is 0 Å². The molecule has 0 aromatic heterocycles. The summed E-state index contributed by atoms with van der Waals surface area (Å²) in [5.41, 5.74) is 2.43. The van der Waals surface area contributed by atoms with E-state index >= 15 is 0 Å². The van der Waals surface area contributed by atoms with Crippen LogP contribution in [0.1, 0.15) is 31.8 Å². The molecule has 1 fully saturated rings. The third-order valence-corrected chi connectivity index (χ3v) is 8.81. The van der Waals surface area contributed by atoms with Crippen LogP contribution in [0.15, 0.2) is 103 Å². The topological polar surface area (TPSA) is 75.7 Å². The predicted molar refractivity (Wildman–Crippen MR) is 159 cm³/mol. The summed E-state index contributed by atoms with van der Waals surface area (Å²) in [6.45, 7) is 0. The minimum absolute atomic E-state index is 0.229. The Balaban J connectivity index is 1.52. The van der Waals surface area contributed by atoms with Crippen molar-refractivity contribution in [3.8, 4) is 5.75 Å². The van der Waals surface area contributed by atoms with Crippen molar-refractivity contribution in [3.05, 3.63) is 130 Å². The summed E-state index contributed by atoms with van der Waals surface area (Å²) in [7, 11) is 1.56. The van der Waals surface area contributed by atoms with Crippen LogP contribution in [0.4, 0.5) is 11.4 Å². The molecule has 1 spiro atoms. The quantitative estimate of drug-likeness (QED) is 0.294. The van der Waals surface area contributed by atoms with Crippen LogP contribution in [0.2, 0.25) is 5.02 Å². The number of carbonyl (C=O) groups excluding carboxylic acids is 3. The van der Waals surface area contributed by atoms with E-state index in [1.54, 1.807) is 61.7 Å². The van der Waals surface area contributed by atoms with E-state index in [0.29, 0.717) is 33.1 Å². The molecule has 6 nitrogen and oxygen atoms in total. The van der Waals surface area contributed by atoms with Gasteiger partial charge in [0.1, 0.15) is 17.2 Å². The number of halogens is 1. The predicted octanol–water partition coefficient (Wildman–Crippen LogP) is 6.20. The lowest BCUT2D eigenvalue weighted by Gasteiger charge is -2.37. The van der Waals surface area contributed by atoms with E-state index < -0.39 is 23.4 Å². The van der Waals surface area contributed by atoms with Crippen molar-refractivity contribution in [2.75, 3.05) is 17.3 Å². The van der Waals surface area contributed by atoms with Gasteiger partial charge in [-0.1, -0.05) is 72.3 Å². The van der Waals surface area contributed by atoms with E-state index in [0.717, 1.165) is 11.3 Å². The van der Waals surface area contributed by atoms with Gasteiger partial charge in [0.2, 0.25) is 5.91 Å². The zero-order valence-corrected chi connectivity index (χ0v) is 22.8. The molecule has 7 rings (SSSR count). The number of amides is 1. The van der Waals surface area contributed by atoms with Gasteiger partial charge >= 0.3 is 0 Å². The van der Waals surface area contributed by atoms with Gasteiger partial charge in [0.25, 0.3) is 0 Å². The molecule has 3 aliphatic heterocycles. The Morgan fingerprint density at radius 2 is 1.59 bits per heavy atom. The Bertz CT molecular complexity index is 1750. The van der Waals surface area contributed by atoms with Crippen LogP contribution in [-0.4, -0.2) is 36.7 Å². The van der Waals surface area contributed by atoms with Crippen LogP contribution in [-0.2, 0) is 10.2 Å². The lowest BCUT2D eigenvalue weighted by molar-refractivity contribution is -0.121. The first kappa shape index (κ1) is 25.3. The normalized spacial score (nSPS) is 23.5. The number of nitrogens with zero attached hydrogens (tertiary/aromatic N) is 1. The number of fused-ring (bicyclic) bond motifs is 6. The van der Waals surface area contributed by atoms with Crippen molar-refractivity contribution in [3.63, 3.8) is 0 Å². The Labute approximate surface area is 242 Å². The van der Waals surface area contributed by atoms with Gasteiger partial charge in [0.05, 0.1) is 19.1 Å². The number of benzene rings is 4. The van der Waals surface area contributed by atoms with Gasteiger partial charge < -0.3 is 15.0 Å². The van der Waals surface area contributed by atoms with Gasteiger partial charge in [-0.3, -0.25) is 14.4 Å². The monoisotopic (exact) mass is 560 g/mol. The fourth-order valence-corrected chi connectivity index (χ4v) is 7.04. The first-order chi connectivity index (χ1) is 19.9. The summed E-state index contributed by atoms with van der Waals surface area (Å²) < 4.78 is 5.32. The van der Waals surface area contributed by atoms with E-state index in [4.69, 9.17) is 16.3 Å². The molecule has 1 N–H and O–H groups in total. The minimum Gasteiger partial charge on any atom is -0.497 e. The molecule has 7 heteroatoms. The van der Waals surface area contributed by atoms with Crippen molar-refractivity contribution in [1.82, 2.24) is 0 Å². The molecule has 41 heavy (non-hydrogen) atoms. The Kier molecular flexibility index (Phi) is 5.84. The smallest absolute Gasteiger partial charge is 0.238 e. The van der Waals surface area contributed by atoms with Crippen LogP contribution in [0.25, 0.3) is 6.08 Å². The molecule has 0 bridgehead atoms. The Morgan fingerprint density at radius 1 is 0.878 bits per heavy atom. The van der Waals surface area contributed by atoms with Crippen molar-refractivity contribution < 1.29 is 19.1 Å². The average Bonchev–Trinajstić information content (AvgIpc) is 3.49. The van der Waals surface area contributed by atoms with Crippen LogP contribution in [0.5, 0.6) is 5.75 Å². The molecule has 0 aliphatic carbocycles. The summed E-state index contributed by atoms with van der Waals surface area (Å²) in [6.07, 6.45) is 3.87. The van der Waals surface area contributed by atoms with Crippen LogP contribution in [0.3, 0.4) is 0 Å². The van der Waals surface area contributed by atoms with Crippen molar-refractivity contribution in [1.29, 1.82) is 0 Å². The van der Waals surface area contributed by atoms with E-state index in [1.807, 2.05) is 59.5 Å². The standard InChI is InChI=1S/C34H25ClN2O4/c1-41-24-15-11-21(12-16-24)31(38)29-30(32(39)20-7-3-2-4-8-20)37-27-17-14-23(35)19-22(27)13-18-28(37)34(29)25-9-5-6-10-26(25)36-33(34)40/h2-19,28-30H,1H3,(H,36,40)/t28-,29-,30-,34+/m1/s1. The Morgan fingerprint density at radius 3 is 2.34 bits per heavy atom. The number of rotatable bonds is 5. The Hall–Kier alpha value is -4.68. The van der Waals surface area contributed by atoms with E-state index in [1.165, 1.54) is 0 Å². The number of methoxy groups -OCH3 is 1. The maximum atomic E-state index is 14.8. The fraction of sp³-hybridized carbons (Fsp3) is 0.147. The summed E-state index contributed by atoms with van der Waals surface area (Å²) in [4.78, 5) is 45.7. The number of anilines is 2. The van der Waals surface area contributed by atoms with Gasteiger partial charge in [-0.2, -0.15) is 0 Å². The molecular weight excluding hydrogens is 536 g/mol. The van der Waals surface area contributed by atoms with Crippen LogP contribution in [0, 0.1) is 5.92 Å². The minimum atomic E-state index is -1.36. The lowest BCUT2D eigenvalue weighted by atomic mass is 9.64. The second-order valence-corrected chi connectivity index (χ2v) is 11.0. The highest BCUT2D eigenvalue weighted by atomic mass is 35.5. The molecule has 3 heterocycles. The fourth-order valence-electron chi connectivity index (χ4n) is 6.86. The van der Waals surface area contributed by atoms with Crippen molar-refractivity contribution in [2.24, 2.45) is 5.92 Å². The number of ether oxygens (including phenoxy) is 1. The molecule has 4 aromatic carbocycles. The van der Waals surface area contributed by atoms with Gasteiger partial charge in [0.15, 0.2) is 11.6 Å². The highest BCUT2D eigenvalue weighted by Gasteiger charge is 2.70. The molecule has 202 valence electrons. The van der Waals surface area contributed by atoms with Crippen molar-refractivity contribution >= 4 is 46.5 Å². The van der Waals surface area contributed by atoms with Gasteiger partial charge in [0, 0.05) is 27.5 Å². The van der Waals surface area contributed by atoms with Crippen molar-refractivity contribution in [2.45, 2.75) is 17.5 Å². The second-order valence-electron chi connectivity index (χ2n) is 10.5. The maximum absolute atomic E-state index is 14.8. The number of ketones is 2. The summed E-state index contributed by atoms with van der Waals surface area (Å²) in [5, 5.41) is 3.60. The lowest BCUT2D eigenvalue weighted by Crippen LogP contribution is -2.51. The number of nitrogens with one attached hydrogen (secondary N) is 1. The maximum Gasteiger partial charge on any atom is 0.238 e. The zero-order valence-electron chi connectivity index (χ0n) is 22.1. The molecular formula is C34H25ClN2O4. The zero-order chi connectivity index (χ0) is 28.3. The highest BCUT2D eigenvalue weighted by Crippen LogP contribution is 2.58. The molecule has 0 saturated carbocycles. The third kappa shape index (κ3) is 3.60. The largest absolute Gasteiger partial charge is 0.497 e. The number of carbonyl (C=O) groups is 3. The average molecular weight is 561 g/mol. The first-order valence-electron chi connectivity index (χ1n) is 13.4. The van der Waals surface area contributed by atoms with Crippen LogP contribution < -0.4 is 15.0 Å². The van der Waals surface area contributed by atoms with Crippen LogP contribution >= 0.6 is 11.6 Å². The van der Waals surface area contributed by atoms with E-state index in [-0.39, 0.29) is 17.5 Å². The molecule has 1 amide bonds. The number of para-hydroxylation sites is 1. The van der Waals surface area contributed by atoms with E-state index in [9.17, 15) is 14.4 Å². The molecule has 0 unspecified atom stereocenters.